The molecule has 1 aliphatic heterocycles. The molecule has 7 heteroatoms. The van der Waals surface area contributed by atoms with Crippen molar-refractivity contribution in [1.82, 2.24) is 14.3 Å². The number of aromatic nitrogens is 2. The van der Waals surface area contributed by atoms with Crippen molar-refractivity contribution in [3.63, 3.8) is 0 Å². The predicted octanol–water partition coefficient (Wildman–Crippen LogP) is 2.61. The van der Waals surface area contributed by atoms with Crippen LogP contribution in [0, 0.1) is 6.92 Å². The first kappa shape index (κ1) is 14.6. The van der Waals surface area contributed by atoms with Gasteiger partial charge in [0.25, 0.3) is 0 Å². The molecule has 1 atom stereocenters. The van der Waals surface area contributed by atoms with Gasteiger partial charge < -0.3 is 0 Å². The van der Waals surface area contributed by atoms with Gasteiger partial charge in [-0.05, 0) is 31.9 Å². The Labute approximate surface area is 128 Å². The molecular formula is C14H17N3O2S2. The normalized spacial score (nSPS) is 20.0. The first-order valence-electron chi connectivity index (χ1n) is 6.80. The summed E-state index contributed by atoms with van der Waals surface area (Å²) in [4.78, 5) is 8.91. The second-order valence-corrected chi connectivity index (χ2v) is 8.09. The van der Waals surface area contributed by atoms with Crippen molar-refractivity contribution < 1.29 is 8.42 Å². The number of nitrogens with zero attached hydrogens (tertiary/aromatic N) is 3. The highest BCUT2D eigenvalue weighted by Gasteiger charge is 2.33. The third-order valence-corrected chi connectivity index (χ3v) is 5.92. The summed E-state index contributed by atoms with van der Waals surface area (Å²) < 4.78 is 25.1. The van der Waals surface area contributed by atoms with Crippen molar-refractivity contribution in [1.29, 1.82) is 0 Å². The lowest BCUT2D eigenvalue weighted by molar-refractivity contribution is 0.394. The van der Waals surface area contributed by atoms with Crippen molar-refractivity contribution >= 4 is 21.4 Å². The Hall–Kier alpha value is -1.31. The molecule has 0 amide bonds. The topological polar surface area (TPSA) is 63.2 Å². The number of pyridine rings is 1. The van der Waals surface area contributed by atoms with Crippen LogP contribution >= 0.6 is 11.3 Å². The van der Waals surface area contributed by atoms with E-state index in [0.717, 1.165) is 34.8 Å². The van der Waals surface area contributed by atoms with Crippen molar-refractivity contribution in [2.24, 2.45) is 0 Å². The van der Waals surface area contributed by atoms with Crippen molar-refractivity contribution in [2.75, 3.05) is 12.8 Å². The predicted molar refractivity (Wildman–Crippen MR) is 83.6 cm³/mol. The smallest absolute Gasteiger partial charge is 0.211 e. The average Bonchev–Trinajstić information content (AvgIpc) is 3.07. The Morgan fingerprint density at radius 1 is 1.38 bits per heavy atom. The van der Waals surface area contributed by atoms with Crippen LogP contribution in [0.1, 0.15) is 30.3 Å². The number of aryl methyl sites for hydroxylation is 1. The van der Waals surface area contributed by atoms with Crippen molar-refractivity contribution in [2.45, 2.75) is 25.8 Å². The zero-order valence-electron chi connectivity index (χ0n) is 12.0. The first-order valence-corrected chi connectivity index (χ1v) is 9.53. The summed E-state index contributed by atoms with van der Waals surface area (Å²) in [5.41, 5.74) is 2.79. The van der Waals surface area contributed by atoms with E-state index >= 15 is 0 Å². The van der Waals surface area contributed by atoms with Gasteiger partial charge in [0.15, 0.2) is 0 Å². The van der Waals surface area contributed by atoms with E-state index in [1.807, 2.05) is 24.4 Å². The summed E-state index contributed by atoms with van der Waals surface area (Å²) in [5, 5.41) is 2.95. The summed E-state index contributed by atoms with van der Waals surface area (Å²) in [7, 11) is -3.18. The van der Waals surface area contributed by atoms with Gasteiger partial charge in [0.1, 0.15) is 5.01 Å². The molecule has 0 bridgehead atoms. The van der Waals surface area contributed by atoms with E-state index in [-0.39, 0.29) is 6.04 Å². The van der Waals surface area contributed by atoms with Crippen LogP contribution in [0.15, 0.2) is 23.7 Å². The van der Waals surface area contributed by atoms with Crippen LogP contribution in [0.5, 0.6) is 0 Å². The lowest BCUT2D eigenvalue weighted by atomic mass is 10.1. The van der Waals surface area contributed by atoms with Crippen LogP contribution in [0.4, 0.5) is 0 Å². The minimum atomic E-state index is -3.18. The zero-order chi connectivity index (χ0) is 15.0. The molecule has 2 aromatic rings. The molecule has 0 aliphatic carbocycles. The van der Waals surface area contributed by atoms with E-state index < -0.39 is 10.0 Å². The molecule has 5 nitrogen and oxygen atoms in total. The Bertz CT molecular complexity index is 738. The Balaban J connectivity index is 1.87. The van der Waals surface area contributed by atoms with Crippen molar-refractivity contribution in [3.8, 4) is 10.6 Å². The molecule has 3 rings (SSSR count). The molecule has 1 saturated heterocycles. The molecule has 0 unspecified atom stereocenters. The first-order chi connectivity index (χ1) is 9.95. The maximum Gasteiger partial charge on any atom is 0.211 e. The molecule has 112 valence electrons. The number of rotatable bonds is 3. The Kier molecular flexibility index (Phi) is 3.81. The summed E-state index contributed by atoms with van der Waals surface area (Å²) >= 11 is 1.59. The monoisotopic (exact) mass is 323 g/mol. The molecule has 0 saturated carbocycles. The maximum atomic E-state index is 11.8. The van der Waals surface area contributed by atoms with Crippen LogP contribution < -0.4 is 0 Å². The fourth-order valence-corrected chi connectivity index (χ4v) is 4.57. The number of thiazole rings is 1. The molecule has 2 aromatic heterocycles. The van der Waals surface area contributed by atoms with Crippen LogP contribution in [0.3, 0.4) is 0 Å². The Morgan fingerprint density at radius 3 is 2.76 bits per heavy atom. The minimum Gasteiger partial charge on any atom is -0.259 e. The highest BCUT2D eigenvalue weighted by molar-refractivity contribution is 7.88. The molecule has 0 aromatic carbocycles. The van der Waals surface area contributed by atoms with Crippen LogP contribution in [-0.4, -0.2) is 35.5 Å². The van der Waals surface area contributed by atoms with E-state index in [4.69, 9.17) is 0 Å². The molecule has 21 heavy (non-hydrogen) atoms. The number of hydrogen-bond donors (Lipinski definition) is 0. The molecule has 0 spiro atoms. The van der Waals surface area contributed by atoms with Gasteiger partial charge in [0.05, 0.1) is 18.0 Å². The number of sulfonamides is 1. The Morgan fingerprint density at radius 2 is 2.19 bits per heavy atom. The average molecular weight is 323 g/mol. The molecule has 1 fully saturated rings. The summed E-state index contributed by atoms with van der Waals surface area (Å²) in [5.74, 6) is 0. The third kappa shape index (κ3) is 3.00. The standard InChI is InChI=1S/C14H17N3O2S2/c1-10-9-20-14(16-10)11-5-6-12(15-8-11)13-4-3-7-17(13)21(2,18)19/h5-6,8-9,13H,3-4,7H2,1-2H3/t13-/m1/s1. The maximum absolute atomic E-state index is 11.8. The zero-order valence-corrected chi connectivity index (χ0v) is 13.6. The van der Waals surface area contributed by atoms with Gasteiger partial charge in [-0.3, -0.25) is 4.98 Å². The highest BCUT2D eigenvalue weighted by atomic mass is 32.2. The molecular weight excluding hydrogens is 306 g/mol. The van der Waals surface area contributed by atoms with Crippen LogP contribution in [0.25, 0.3) is 10.6 Å². The molecule has 3 heterocycles. The van der Waals surface area contributed by atoms with Gasteiger partial charge >= 0.3 is 0 Å². The fraction of sp³-hybridized carbons (Fsp3) is 0.429. The SMILES string of the molecule is Cc1csc(-c2ccc([C@H]3CCCN3S(C)(=O)=O)nc2)n1. The molecule has 1 aliphatic rings. The highest BCUT2D eigenvalue weighted by Crippen LogP contribution is 2.33. The van der Waals surface area contributed by atoms with Gasteiger partial charge in [-0.2, -0.15) is 4.31 Å². The van der Waals surface area contributed by atoms with E-state index in [0.29, 0.717) is 6.54 Å². The van der Waals surface area contributed by atoms with E-state index in [1.54, 1.807) is 21.8 Å². The number of hydrogen-bond acceptors (Lipinski definition) is 5. The van der Waals surface area contributed by atoms with Gasteiger partial charge in [-0.15, -0.1) is 11.3 Å². The van der Waals surface area contributed by atoms with Gasteiger partial charge in [0, 0.05) is 29.4 Å². The summed E-state index contributed by atoms with van der Waals surface area (Å²) in [6.07, 6.45) is 4.76. The third-order valence-electron chi connectivity index (χ3n) is 3.62. The lowest BCUT2D eigenvalue weighted by Crippen LogP contribution is -2.29. The van der Waals surface area contributed by atoms with Gasteiger partial charge in [0.2, 0.25) is 10.0 Å². The second kappa shape index (κ2) is 5.47. The van der Waals surface area contributed by atoms with E-state index in [2.05, 4.69) is 9.97 Å². The van der Waals surface area contributed by atoms with Crippen LogP contribution in [-0.2, 0) is 10.0 Å². The van der Waals surface area contributed by atoms with E-state index in [9.17, 15) is 8.42 Å². The summed E-state index contributed by atoms with van der Waals surface area (Å²) in [6.45, 7) is 2.54. The largest absolute Gasteiger partial charge is 0.259 e. The molecule has 0 N–H and O–H groups in total. The van der Waals surface area contributed by atoms with Crippen LogP contribution in [0.2, 0.25) is 0 Å². The van der Waals surface area contributed by atoms with E-state index in [1.165, 1.54) is 6.26 Å². The van der Waals surface area contributed by atoms with Gasteiger partial charge in [-0.1, -0.05) is 0 Å². The lowest BCUT2D eigenvalue weighted by Gasteiger charge is -2.21. The van der Waals surface area contributed by atoms with Crippen molar-refractivity contribution in [3.05, 3.63) is 35.1 Å². The quantitative estimate of drug-likeness (QED) is 0.871. The fourth-order valence-electron chi connectivity index (χ4n) is 2.65. The molecule has 0 radical (unpaired) electrons. The minimum absolute atomic E-state index is 0.132. The van der Waals surface area contributed by atoms with Gasteiger partial charge in [-0.25, -0.2) is 13.4 Å². The second-order valence-electron chi connectivity index (χ2n) is 5.30. The summed E-state index contributed by atoms with van der Waals surface area (Å²) in [6, 6.07) is 3.76.